The van der Waals surface area contributed by atoms with Crippen LogP contribution in [0.3, 0.4) is 0 Å². The van der Waals surface area contributed by atoms with Crippen LogP contribution in [0.1, 0.15) is 16.8 Å². The lowest BCUT2D eigenvalue weighted by atomic mass is 10.2. The maximum Gasteiger partial charge on any atom is 0.251 e. The predicted molar refractivity (Wildman–Crippen MR) is 105 cm³/mol. The topological polar surface area (TPSA) is 88.7 Å². The third-order valence-electron chi connectivity index (χ3n) is 3.76. The molecule has 0 spiro atoms. The minimum atomic E-state index is -0.178. The molecule has 27 heavy (non-hydrogen) atoms. The summed E-state index contributed by atoms with van der Waals surface area (Å²) in [6.45, 7) is 1.29. The van der Waals surface area contributed by atoms with Crippen LogP contribution in [0.15, 0.2) is 48.5 Å². The summed E-state index contributed by atoms with van der Waals surface area (Å²) in [7, 11) is 3.20. The third-order valence-corrected chi connectivity index (χ3v) is 3.76. The number of carbonyl (C=O) groups excluding carboxylic acids is 2. The molecule has 0 fully saturated rings. The fourth-order valence-corrected chi connectivity index (χ4v) is 2.35. The zero-order valence-corrected chi connectivity index (χ0v) is 15.6. The van der Waals surface area contributed by atoms with Crippen LogP contribution in [0.5, 0.6) is 5.75 Å². The number of hydrogen-bond donors (Lipinski definition) is 3. The average Bonchev–Trinajstić information content (AvgIpc) is 2.70. The van der Waals surface area contributed by atoms with Crippen LogP contribution < -0.4 is 20.7 Å². The van der Waals surface area contributed by atoms with Crippen molar-refractivity contribution in [2.45, 2.75) is 6.42 Å². The smallest absolute Gasteiger partial charge is 0.251 e. The number of ether oxygens (including phenoxy) is 2. The summed E-state index contributed by atoms with van der Waals surface area (Å²) >= 11 is 0. The summed E-state index contributed by atoms with van der Waals surface area (Å²) < 4.78 is 10.1. The van der Waals surface area contributed by atoms with Gasteiger partial charge in [0.25, 0.3) is 5.91 Å². The van der Waals surface area contributed by atoms with Crippen molar-refractivity contribution in [3.05, 3.63) is 54.1 Å². The van der Waals surface area contributed by atoms with Gasteiger partial charge in [-0.3, -0.25) is 9.59 Å². The van der Waals surface area contributed by atoms with Crippen LogP contribution in [0.25, 0.3) is 0 Å². The molecule has 0 saturated carbocycles. The Balaban J connectivity index is 1.78. The average molecular weight is 371 g/mol. The molecule has 7 heteroatoms. The standard InChI is InChI=1S/C20H25N3O4/c1-26-12-4-11-21-20(25)15-7-9-16(10-8-15)22-14-19(24)23-17-5-3-6-18(13-17)27-2/h3,5-10,13,22H,4,11-12,14H2,1-2H3,(H,21,25)(H,23,24). The van der Waals surface area contributed by atoms with E-state index in [-0.39, 0.29) is 18.4 Å². The van der Waals surface area contributed by atoms with Gasteiger partial charge < -0.3 is 25.4 Å². The van der Waals surface area contributed by atoms with E-state index in [0.717, 1.165) is 12.1 Å². The first-order valence-electron chi connectivity index (χ1n) is 8.67. The highest BCUT2D eigenvalue weighted by Crippen LogP contribution is 2.16. The minimum Gasteiger partial charge on any atom is -0.497 e. The molecule has 7 nitrogen and oxygen atoms in total. The molecule has 2 rings (SSSR count). The second-order valence-electron chi connectivity index (χ2n) is 5.81. The van der Waals surface area contributed by atoms with Crippen LogP contribution in [0.2, 0.25) is 0 Å². The van der Waals surface area contributed by atoms with Crippen molar-refractivity contribution in [3.63, 3.8) is 0 Å². The molecule has 2 aromatic rings. The Morgan fingerprint density at radius 3 is 2.48 bits per heavy atom. The zero-order chi connectivity index (χ0) is 19.5. The highest BCUT2D eigenvalue weighted by molar-refractivity contribution is 5.95. The molecule has 0 heterocycles. The quantitative estimate of drug-likeness (QED) is 0.559. The second-order valence-corrected chi connectivity index (χ2v) is 5.81. The molecule has 144 valence electrons. The fraction of sp³-hybridized carbons (Fsp3) is 0.300. The van der Waals surface area contributed by atoms with Gasteiger partial charge in [-0.05, 0) is 42.8 Å². The van der Waals surface area contributed by atoms with E-state index in [1.165, 1.54) is 0 Å². The van der Waals surface area contributed by atoms with Crippen molar-refractivity contribution < 1.29 is 19.1 Å². The van der Waals surface area contributed by atoms with E-state index in [9.17, 15) is 9.59 Å². The summed E-state index contributed by atoms with van der Waals surface area (Å²) in [6.07, 6.45) is 0.768. The second kappa shape index (κ2) is 10.8. The van der Waals surface area contributed by atoms with Gasteiger partial charge in [-0.2, -0.15) is 0 Å². The number of benzene rings is 2. The van der Waals surface area contributed by atoms with Crippen molar-refractivity contribution in [2.75, 3.05) is 44.5 Å². The van der Waals surface area contributed by atoms with Gasteiger partial charge in [0, 0.05) is 43.3 Å². The molecule has 0 aliphatic rings. The number of methoxy groups -OCH3 is 2. The molecule has 3 N–H and O–H groups in total. The lowest BCUT2D eigenvalue weighted by Gasteiger charge is -2.10. The molecule has 2 amide bonds. The van der Waals surface area contributed by atoms with E-state index in [4.69, 9.17) is 9.47 Å². The molecular weight excluding hydrogens is 346 g/mol. The zero-order valence-electron chi connectivity index (χ0n) is 15.6. The van der Waals surface area contributed by atoms with Gasteiger partial charge in [0.1, 0.15) is 5.75 Å². The van der Waals surface area contributed by atoms with Crippen LogP contribution in [-0.4, -0.2) is 45.7 Å². The summed E-state index contributed by atoms with van der Waals surface area (Å²) in [5.74, 6) is 0.369. The molecule has 0 aliphatic carbocycles. The number of amides is 2. The van der Waals surface area contributed by atoms with E-state index in [1.54, 1.807) is 56.7 Å². The van der Waals surface area contributed by atoms with Crippen molar-refractivity contribution in [1.29, 1.82) is 0 Å². The molecule has 0 bridgehead atoms. The van der Waals surface area contributed by atoms with Crippen molar-refractivity contribution in [2.24, 2.45) is 0 Å². The first kappa shape index (κ1) is 20.3. The summed E-state index contributed by atoms with van der Waals surface area (Å²) in [4.78, 5) is 24.0. The number of carbonyl (C=O) groups is 2. The normalized spacial score (nSPS) is 10.1. The van der Waals surface area contributed by atoms with E-state index in [2.05, 4.69) is 16.0 Å². The fourth-order valence-electron chi connectivity index (χ4n) is 2.35. The third kappa shape index (κ3) is 6.99. The molecular formula is C20H25N3O4. The van der Waals surface area contributed by atoms with Gasteiger partial charge in [-0.1, -0.05) is 6.07 Å². The molecule has 0 unspecified atom stereocenters. The van der Waals surface area contributed by atoms with Gasteiger partial charge in [0.15, 0.2) is 0 Å². The highest BCUT2D eigenvalue weighted by atomic mass is 16.5. The maximum absolute atomic E-state index is 12.0. The monoisotopic (exact) mass is 371 g/mol. The summed E-state index contributed by atoms with van der Waals surface area (Å²) in [6, 6.07) is 14.1. The maximum atomic E-state index is 12.0. The SMILES string of the molecule is COCCCNC(=O)c1ccc(NCC(=O)Nc2cccc(OC)c2)cc1. The molecule has 0 radical (unpaired) electrons. The lowest BCUT2D eigenvalue weighted by molar-refractivity contribution is -0.114. The number of nitrogens with one attached hydrogen (secondary N) is 3. The van der Waals surface area contributed by atoms with Crippen LogP contribution >= 0.6 is 0 Å². The number of hydrogen-bond acceptors (Lipinski definition) is 5. The molecule has 0 saturated heterocycles. The van der Waals surface area contributed by atoms with Gasteiger partial charge >= 0.3 is 0 Å². The van der Waals surface area contributed by atoms with E-state index >= 15 is 0 Å². The van der Waals surface area contributed by atoms with Gasteiger partial charge in [0.05, 0.1) is 13.7 Å². The number of rotatable bonds is 10. The van der Waals surface area contributed by atoms with Crippen molar-refractivity contribution >= 4 is 23.2 Å². The largest absolute Gasteiger partial charge is 0.497 e. The Hall–Kier alpha value is -3.06. The molecule has 2 aromatic carbocycles. The van der Waals surface area contributed by atoms with Gasteiger partial charge in [-0.25, -0.2) is 0 Å². The Labute approximate surface area is 159 Å². The van der Waals surface area contributed by atoms with Gasteiger partial charge in [0.2, 0.25) is 5.91 Å². The molecule has 0 aliphatic heterocycles. The van der Waals surface area contributed by atoms with Crippen molar-refractivity contribution in [1.82, 2.24) is 5.32 Å². The molecule has 0 aromatic heterocycles. The molecule has 0 atom stereocenters. The van der Waals surface area contributed by atoms with E-state index in [1.807, 2.05) is 6.07 Å². The van der Waals surface area contributed by atoms with E-state index < -0.39 is 0 Å². The summed E-state index contributed by atoms with van der Waals surface area (Å²) in [5, 5.41) is 8.65. The first-order valence-corrected chi connectivity index (χ1v) is 8.67. The predicted octanol–water partition coefficient (Wildman–Crippen LogP) is 2.51. The Morgan fingerprint density at radius 1 is 1.00 bits per heavy atom. The Morgan fingerprint density at radius 2 is 1.78 bits per heavy atom. The summed E-state index contributed by atoms with van der Waals surface area (Å²) in [5.41, 5.74) is 1.99. The van der Waals surface area contributed by atoms with Crippen molar-refractivity contribution in [3.8, 4) is 5.75 Å². The van der Waals surface area contributed by atoms with Crippen LogP contribution in [-0.2, 0) is 9.53 Å². The van der Waals surface area contributed by atoms with E-state index in [0.29, 0.717) is 30.2 Å². The lowest BCUT2D eigenvalue weighted by Crippen LogP contribution is -2.25. The van der Waals surface area contributed by atoms with Crippen LogP contribution in [0, 0.1) is 0 Å². The Kier molecular flexibility index (Phi) is 8.12. The number of anilines is 2. The first-order chi connectivity index (χ1) is 13.1. The highest BCUT2D eigenvalue weighted by Gasteiger charge is 2.06. The minimum absolute atomic E-state index is 0.111. The Bertz CT molecular complexity index is 747. The van der Waals surface area contributed by atoms with Crippen LogP contribution in [0.4, 0.5) is 11.4 Å². The van der Waals surface area contributed by atoms with Gasteiger partial charge in [-0.15, -0.1) is 0 Å².